The Labute approximate surface area is 105 Å². The van der Waals surface area contributed by atoms with Gasteiger partial charge in [0, 0.05) is 32.7 Å². The number of amides is 1. The molecule has 0 aliphatic heterocycles. The van der Waals surface area contributed by atoms with E-state index in [4.69, 9.17) is 10.5 Å². The summed E-state index contributed by atoms with van der Waals surface area (Å²) in [5.41, 5.74) is 5.92. The molecule has 0 aromatic carbocycles. The van der Waals surface area contributed by atoms with Crippen LogP contribution in [0.5, 0.6) is 0 Å². The van der Waals surface area contributed by atoms with E-state index < -0.39 is 0 Å². The van der Waals surface area contributed by atoms with Gasteiger partial charge >= 0.3 is 0 Å². The molecule has 0 aromatic heterocycles. The summed E-state index contributed by atoms with van der Waals surface area (Å²) in [6.45, 7) is 9.68. The molecule has 1 atom stereocenters. The standard InChI is InChI=1S/C13H28N2O2/c1-10(2)11(14)8-12(16)15-9-13(3,4)6-7-17-5/h10-11H,6-9,14H2,1-5H3,(H,15,16). The lowest BCUT2D eigenvalue weighted by molar-refractivity contribution is -0.122. The maximum absolute atomic E-state index is 11.7. The smallest absolute Gasteiger partial charge is 0.221 e. The average molecular weight is 244 g/mol. The van der Waals surface area contributed by atoms with Crippen molar-refractivity contribution in [3.63, 3.8) is 0 Å². The Morgan fingerprint density at radius 1 is 1.41 bits per heavy atom. The minimum absolute atomic E-state index is 0.0386. The maximum atomic E-state index is 11.7. The number of carbonyl (C=O) groups is 1. The number of carbonyl (C=O) groups excluding carboxylic acids is 1. The number of hydrogen-bond acceptors (Lipinski definition) is 3. The van der Waals surface area contributed by atoms with E-state index in [9.17, 15) is 4.79 Å². The first kappa shape index (κ1) is 16.4. The van der Waals surface area contributed by atoms with Crippen LogP contribution in [0.1, 0.15) is 40.5 Å². The Bertz CT molecular complexity index is 227. The molecule has 0 saturated heterocycles. The first-order valence-corrected chi connectivity index (χ1v) is 6.29. The quantitative estimate of drug-likeness (QED) is 0.680. The molecule has 0 aliphatic carbocycles. The fourth-order valence-electron chi connectivity index (χ4n) is 1.33. The third-order valence-electron chi connectivity index (χ3n) is 3.02. The number of hydrogen-bond donors (Lipinski definition) is 2. The highest BCUT2D eigenvalue weighted by Crippen LogP contribution is 2.18. The zero-order chi connectivity index (χ0) is 13.5. The highest BCUT2D eigenvalue weighted by Gasteiger charge is 2.19. The topological polar surface area (TPSA) is 64.3 Å². The Morgan fingerprint density at radius 3 is 2.47 bits per heavy atom. The van der Waals surface area contributed by atoms with Gasteiger partial charge in [0.05, 0.1) is 0 Å². The van der Waals surface area contributed by atoms with Crippen molar-refractivity contribution in [1.29, 1.82) is 0 Å². The van der Waals surface area contributed by atoms with Crippen LogP contribution < -0.4 is 11.1 Å². The molecule has 4 nitrogen and oxygen atoms in total. The van der Waals surface area contributed by atoms with Gasteiger partial charge in [0.25, 0.3) is 0 Å². The second-order valence-electron chi connectivity index (χ2n) is 5.80. The second-order valence-corrected chi connectivity index (χ2v) is 5.80. The monoisotopic (exact) mass is 244 g/mol. The number of ether oxygens (including phenoxy) is 1. The highest BCUT2D eigenvalue weighted by atomic mass is 16.5. The molecular formula is C13H28N2O2. The van der Waals surface area contributed by atoms with E-state index in [1.54, 1.807) is 7.11 Å². The Hall–Kier alpha value is -0.610. The van der Waals surface area contributed by atoms with Crippen LogP contribution in [0.4, 0.5) is 0 Å². The van der Waals surface area contributed by atoms with Gasteiger partial charge in [-0.2, -0.15) is 0 Å². The SMILES string of the molecule is COCCC(C)(C)CNC(=O)CC(N)C(C)C. The zero-order valence-electron chi connectivity index (χ0n) is 11.9. The van der Waals surface area contributed by atoms with Gasteiger partial charge in [-0.1, -0.05) is 27.7 Å². The highest BCUT2D eigenvalue weighted by molar-refractivity contribution is 5.76. The van der Waals surface area contributed by atoms with E-state index in [0.717, 1.165) is 6.42 Å². The fourth-order valence-corrected chi connectivity index (χ4v) is 1.33. The molecule has 102 valence electrons. The van der Waals surface area contributed by atoms with Crippen molar-refractivity contribution in [3.05, 3.63) is 0 Å². The van der Waals surface area contributed by atoms with Gasteiger partial charge in [-0.15, -0.1) is 0 Å². The van der Waals surface area contributed by atoms with Crippen molar-refractivity contribution in [2.24, 2.45) is 17.1 Å². The predicted octanol–water partition coefficient (Wildman–Crippen LogP) is 1.54. The molecule has 3 N–H and O–H groups in total. The molecule has 0 radical (unpaired) electrons. The number of methoxy groups -OCH3 is 1. The van der Waals surface area contributed by atoms with Gasteiger partial charge in [-0.05, 0) is 17.8 Å². The van der Waals surface area contributed by atoms with Crippen LogP contribution >= 0.6 is 0 Å². The van der Waals surface area contributed by atoms with E-state index >= 15 is 0 Å². The summed E-state index contributed by atoms with van der Waals surface area (Å²) in [5, 5.41) is 2.94. The van der Waals surface area contributed by atoms with E-state index in [0.29, 0.717) is 25.5 Å². The van der Waals surface area contributed by atoms with Crippen molar-refractivity contribution in [2.45, 2.75) is 46.6 Å². The largest absolute Gasteiger partial charge is 0.385 e. The van der Waals surface area contributed by atoms with Crippen LogP contribution in [0.3, 0.4) is 0 Å². The first-order chi connectivity index (χ1) is 7.78. The Kier molecular flexibility index (Phi) is 7.39. The van der Waals surface area contributed by atoms with Crippen LogP contribution in [-0.4, -0.2) is 32.2 Å². The van der Waals surface area contributed by atoms with Crippen molar-refractivity contribution in [1.82, 2.24) is 5.32 Å². The normalized spacial score (nSPS) is 13.8. The van der Waals surface area contributed by atoms with Crippen molar-refractivity contribution < 1.29 is 9.53 Å². The number of rotatable bonds is 8. The minimum atomic E-state index is -0.0583. The van der Waals surface area contributed by atoms with Crippen molar-refractivity contribution >= 4 is 5.91 Å². The predicted molar refractivity (Wildman–Crippen MR) is 70.7 cm³/mol. The molecule has 0 fully saturated rings. The van der Waals surface area contributed by atoms with Gasteiger partial charge in [-0.3, -0.25) is 4.79 Å². The average Bonchev–Trinajstić information content (AvgIpc) is 2.24. The van der Waals surface area contributed by atoms with E-state index in [1.165, 1.54) is 0 Å². The summed E-state index contributed by atoms with van der Waals surface area (Å²) >= 11 is 0. The molecule has 0 spiro atoms. The molecule has 0 bridgehead atoms. The van der Waals surface area contributed by atoms with Crippen molar-refractivity contribution in [3.8, 4) is 0 Å². The molecule has 0 saturated carbocycles. The Balaban J connectivity index is 3.90. The van der Waals surface area contributed by atoms with Gasteiger partial charge in [0.15, 0.2) is 0 Å². The van der Waals surface area contributed by atoms with Gasteiger partial charge in [0.1, 0.15) is 0 Å². The number of nitrogens with one attached hydrogen (secondary N) is 1. The van der Waals surface area contributed by atoms with E-state index in [-0.39, 0.29) is 17.4 Å². The summed E-state index contributed by atoms with van der Waals surface area (Å²) < 4.78 is 5.05. The third kappa shape index (κ3) is 8.16. The summed E-state index contributed by atoms with van der Waals surface area (Å²) in [4.78, 5) is 11.7. The van der Waals surface area contributed by atoms with Gasteiger partial charge in [-0.25, -0.2) is 0 Å². The van der Waals surface area contributed by atoms with Gasteiger partial charge < -0.3 is 15.8 Å². The van der Waals surface area contributed by atoms with Gasteiger partial charge in [0.2, 0.25) is 5.91 Å². The van der Waals surface area contributed by atoms with Crippen LogP contribution in [0.15, 0.2) is 0 Å². The molecule has 0 rings (SSSR count). The lowest BCUT2D eigenvalue weighted by Crippen LogP contribution is -2.39. The molecular weight excluding hydrogens is 216 g/mol. The van der Waals surface area contributed by atoms with Crippen LogP contribution in [0, 0.1) is 11.3 Å². The molecule has 1 amide bonds. The first-order valence-electron chi connectivity index (χ1n) is 6.29. The molecule has 1 unspecified atom stereocenters. The number of nitrogens with two attached hydrogens (primary N) is 1. The third-order valence-corrected chi connectivity index (χ3v) is 3.02. The minimum Gasteiger partial charge on any atom is -0.385 e. The fraction of sp³-hybridized carbons (Fsp3) is 0.923. The molecule has 0 heterocycles. The van der Waals surface area contributed by atoms with Crippen LogP contribution in [-0.2, 0) is 9.53 Å². The molecule has 17 heavy (non-hydrogen) atoms. The van der Waals surface area contributed by atoms with Crippen LogP contribution in [0.25, 0.3) is 0 Å². The molecule has 0 aromatic rings. The second kappa shape index (κ2) is 7.67. The summed E-state index contributed by atoms with van der Waals surface area (Å²) in [6.07, 6.45) is 1.33. The molecule has 4 heteroatoms. The lowest BCUT2D eigenvalue weighted by Gasteiger charge is -2.25. The summed E-state index contributed by atoms with van der Waals surface area (Å²) in [6, 6.07) is -0.0583. The Morgan fingerprint density at radius 2 is 2.00 bits per heavy atom. The maximum Gasteiger partial charge on any atom is 0.221 e. The van der Waals surface area contributed by atoms with E-state index in [1.807, 2.05) is 13.8 Å². The van der Waals surface area contributed by atoms with E-state index in [2.05, 4.69) is 19.2 Å². The van der Waals surface area contributed by atoms with Crippen molar-refractivity contribution in [2.75, 3.05) is 20.3 Å². The zero-order valence-corrected chi connectivity index (χ0v) is 11.9. The summed E-state index contributed by atoms with van der Waals surface area (Å²) in [7, 11) is 1.69. The lowest BCUT2D eigenvalue weighted by atomic mass is 9.89. The van der Waals surface area contributed by atoms with Crippen LogP contribution in [0.2, 0.25) is 0 Å². The summed E-state index contributed by atoms with van der Waals surface area (Å²) in [5.74, 6) is 0.374. The molecule has 0 aliphatic rings.